The van der Waals surface area contributed by atoms with Gasteiger partial charge in [0, 0.05) is 4.47 Å². The SMILES string of the molecule is CCOC(=O)C(c1ccccc1)N1C(=O)/C(=C\c2cc(Br)c(OCc3ccc(Br)cc3)c(OCC)c2)SC1=S. The van der Waals surface area contributed by atoms with Gasteiger partial charge in [0.25, 0.3) is 5.91 Å². The lowest BCUT2D eigenvalue weighted by Gasteiger charge is -2.25. The Morgan fingerprint density at radius 3 is 2.41 bits per heavy atom. The first kappa shape index (κ1) is 29.3. The van der Waals surface area contributed by atoms with Crippen LogP contribution in [-0.2, 0) is 20.9 Å². The Balaban J connectivity index is 1.62. The standard InChI is InChI=1S/C29H25Br2NO5S2/c1-3-35-23-15-19(14-22(31)26(23)37-17-18-10-12-21(30)13-11-18)16-24-27(33)32(29(38)39-24)25(28(34)36-4-2)20-8-6-5-7-9-20/h5-16,25H,3-4,17H2,1-2H3/b24-16+. The van der Waals surface area contributed by atoms with Crippen LogP contribution in [0.3, 0.4) is 0 Å². The number of benzene rings is 3. The van der Waals surface area contributed by atoms with Gasteiger partial charge in [-0.15, -0.1) is 0 Å². The van der Waals surface area contributed by atoms with Gasteiger partial charge in [0.05, 0.1) is 22.6 Å². The molecule has 3 aromatic rings. The molecule has 0 aromatic heterocycles. The average Bonchev–Trinajstić information content (AvgIpc) is 3.18. The summed E-state index contributed by atoms with van der Waals surface area (Å²) in [5, 5.41) is 0. The Morgan fingerprint density at radius 2 is 1.74 bits per heavy atom. The number of hydrogen-bond acceptors (Lipinski definition) is 7. The van der Waals surface area contributed by atoms with Crippen molar-refractivity contribution in [1.82, 2.24) is 4.90 Å². The van der Waals surface area contributed by atoms with Crippen molar-refractivity contribution in [2.75, 3.05) is 13.2 Å². The molecule has 10 heteroatoms. The highest BCUT2D eigenvalue weighted by Gasteiger charge is 2.42. The fourth-order valence-corrected chi connectivity index (χ4v) is 6.06. The van der Waals surface area contributed by atoms with Gasteiger partial charge < -0.3 is 14.2 Å². The van der Waals surface area contributed by atoms with Crippen molar-refractivity contribution < 1.29 is 23.8 Å². The molecule has 0 bridgehead atoms. The van der Waals surface area contributed by atoms with Gasteiger partial charge >= 0.3 is 5.97 Å². The van der Waals surface area contributed by atoms with Crippen LogP contribution >= 0.6 is 55.8 Å². The van der Waals surface area contributed by atoms with Gasteiger partial charge in [-0.25, -0.2) is 4.79 Å². The van der Waals surface area contributed by atoms with Gasteiger partial charge in [-0.1, -0.05) is 82.4 Å². The minimum atomic E-state index is -0.968. The van der Waals surface area contributed by atoms with E-state index in [0.717, 1.165) is 21.8 Å². The third-order valence-electron chi connectivity index (χ3n) is 5.63. The van der Waals surface area contributed by atoms with Crippen LogP contribution in [0.4, 0.5) is 0 Å². The Morgan fingerprint density at radius 1 is 1.03 bits per heavy atom. The van der Waals surface area contributed by atoms with Crippen LogP contribution in [0.2, 0.25) is 0 Å². The molecule has 1 heterocycles. The van der Waals surface area contributed by atoms with Crippen molar-refractivity contribution in [2.45, 2.75) is 26.5 Å². The summed E-state index contributed by atoms with van der Waals surface area (Å²) >= 11 is 13.7. The van der Waals surface area contributed by atoms with Crippen LogP contribution in [0.1, 0.15) is 36.6 Å². The number of esters is 1. The van der Waals surface area contributed by atoms with Gasteiger partial charge in [0.2, 0.25) is 0 Å². The van der Waals surface area contributed by atoms with Crippen molar-refractivity contribution in [3.63, 3.8) is 0 Å². The molecule has 0 N–H and O–H groups in total. The van der Waals surface area contributed by atoms with Crippen molar-refractivity contribution in [2.24, 2.45) is 0 Å². The van der Waals surface area contributed by atoms with Crippen LogP contribution in [0.25, 0.3) is 6.08 Å². The number of thioether (sulfide) groups is 1. The largest absolute Gasteiger partial charge is 0.490 e. The van der Waals surface area contributed by atoms with E-state index in [2.05, 4.69) is 31.9 Å². The molecule has 0 spiro atoms. The Hall–Kier alpha value is -2.66. The van der Waals surface area contributed by atoms with Crippen molar-refractivity contribution in [1.29, 1.82) is 0 Å². The first-order valence-corrected chi connectivity index (χ1v) is 15.0. The first-order chi connectivity index (χ1) is 18.8. The molecule has 0 radical (unpaired) electrons. The zero-order valence-electron chi connectivity index (χ0n) is 21.2. The molecule has 0 saturated carbocycles. The lowest BCUT2D eigenvalue weighted by atomic mass is 10.1. The minimum absolute atomic E-state index is 0.192. The fraction of sp³-hybridized carbons (Fsp3) is 0.207. The average molecular weight is 691 g/mol. The summed E-state index contributed by atoms with van der Waals surface area (Å²) in [5.74, 6) is 0.210. The second kappa shape index (κ2) is 13.6. The molecule has 1 aliphatic rings. The van der Waals surface area contributed by atoms with Crippen molar-refractivity contribution >= 4 is 78.1 Å². The summed E-state index contributed by atoms with van der Waals surface area (Å²) in [6, 6.07) is 19.6. The molecule has 1 atom stereocenters. The number of carbonyl (C=O) groups is 2. The molecule has 6 nitrogen and oxygen atoms in total. The highest BCUT2D eigenvalue weighted by atomic mass is 79.9. The molecule has 1 amide bonds. The van der Waals surface area contributed by atoms with E-state index >= 15 is 0 Å². The zero-order valence-corrected chi connectivity index (χ0v) is 26.0. The number of amides is 1. The molecule has 1 aliphatic heterocycles. The number of thiocarbonyl (C=S) groups is 1. The maximum absolute atomic E-state index is 13.6. The maximum atomic E-state index is 13.6. The molecular formula is C29H25Br2NO5S2. The van der Waals surface area contributed by atoms with E-state index in [0.29, 0.717) is 45.2 Å². The number of rotatable bonds is 10. The van der Waals surface area contributed by atoms with E-state index in [1.165, 1.54) is 4.90 Å². The molecular weight excluding hydrogens is 666 g/mol. The Kier molecular flexibility index (Phi) is 10.2. The topological polar surface area (TPSA) is 65.1 Å². The van der Waals surface area contributed by atoms with Crippen molar-refractivity contribution in [3.05, 3.63) is 97.3 Å². The normalized spacial score (nSPS) is 15.0. The van der Waals surface area contributed by atoms with Gasteiger partial charge in [-0.05, 0) is 76.8 Å². The molecule has 202 valence electrons. The smallest absolute Gasteiger partial charge is 0.333 e. The molecule has 3 aromatic carbocycles. The number of ether oxygens (including phenoxy) is 3. The maximum Gasteiger partial charge on any atom is 0.333 e. The molecule has 39 heavy (non-hydrogen) atoms. The number of halogens is 2. The number of hydrogen-bond donors (Lipinski definition) is 0. The summed E-state index contributed by atoms with van der Waals surface area (Å²) < 4.78 is 19.2. The molecule has 0 aliphatic carbocycles. The Labute approximate surface area is 254 Å². The van der Waals surface area contributed by atoms with Crippen LogP contribution in [0.5, 0.6) is 11.5 Å². The second-order valence-electron chi connectivity index (χ2n) is 8.30. The zero-order chi connectivity index (χ0) is 27.9. The third kappa shape index (κ3) is 7.11. The number of carbonyl (C=O) groups excluding carboxylic acids is 2. The fourth-order valence-electron chi connectivity index (χ4n) is 3.91. The van der Waals surface area contributed by atoms with Gasteiger partial charge in [0.15, 0.2) is 17.5 Å². The number of nitrogens with zero attached hydrogens (tertiary/aromatic N) is 1. The lowest BCUT2D eigenvalue weighted by Crippen LogP contribution is -2.38. The first-order valence-electron chi connectivity index (χ1n) is 12.1. The van der Waals surface area contributed by atoms with Gasteiger partial charge in [0.1, 0.15) is 10.9 Å². The second-order valence-corrected chi connectivity index (χ2v) is 11.7. The molecule has 4 rings (SSSR count). The molecule has 1 fully saturated rings. The van der Waals surface area contributed by atoms with E-state index in [1.54, 1.807) is 25.1 Å². The van der Waals surface area contributed by atoms with E-state index in [9.17, 15) is 9.59 Å². The molecule has 1 unspecified atom stereocenters. The van der Waals surface area contributed by atoms with Gasteiger partial charge in [-0.3, -0.25) is 9.69 Å². The van der Waals surface area contributed by atoms with E-state index in [4.69, 9.17) is 26.4 Å². The lowest BCUT2D eigenvalue weighted by molar-refractivity contribution is -0.151. The van der Waals surface area contributed by atoms with Crippen LogP contribution < -0.4 is 9.47 Å². The highest BCUT2D eigenvalue weighted by Crippen LogP contribution is 2.41. The van der Waals surface area contributed by atoms with E-state index in [-0.39, 0.29) is 16.8 Å². The predicted octanol–water partition coefficient (Wildman–Crippen LogP) is 7.69. The van der Waals surface area contributed by atoms with Crippen LogP contribution in [0, 0.1) is 0 Å². The third-order valence-corrected chi connectivity index (χ3v) is 8.08. The summed E-state index contributed by atoms with van der Waals surface area (Å²) in [7, 11) is 0. The van der Waals surface area contributed by atoms with E-state index < -0.39 is 12.0 Å². The summed E-state index contributed by atoms with van der Waals surface area (Å²) in [6.07, 6.45) is 1.73. The summed E-state index contributed by atoms with van der Waals surface area (Å²) in [6.45, 7) is 4.61. The van der Waals surface area contributed by atoms with Gasteiger partial charge in [-0.2, -0.15) is 0 Å². The highest BCUT2D eigenvalue weighted by molar-refractivity contribution is 9.10. The van der Waals surface area contributed by atoms with Crippen molar-refractivity contribution in [3.8, 4) is 11.5 Å². The summed E-state index contributed by atoms with van der Waals surface area (Å²) in [4.78, 5) is 28.2. The van der Waals surface area contributed by atoms with Crippen LogP contribution in [0.15, 0.2) is 80.6 Å². The molecule has 1 saturated heterocycles. The summed E-state index contributed by atoms with van der Waals surface area (Å²) in [5.41, 5.74) is 2.35. The monoisotopic (exact) mass is 689 g/mol. The predicted molar refractivity (Wildman–Crippen MR) is 165 cm³/mol. The quantitative estimate of drug-likeness (QED) is 0.123. The Bertz CT molecular complexity index is 1400. The van der Waals surface area contributed by atoms with Crippen LogP contribution in [-0.4, -0.2) is 34.3 Å². The van der Waals surface area contributed by atoms with E-state index in [1.807, 2.05) is 61.5 Å². The minimum Gasteiger partial charge on any atom is -0.490 e.